The molecule has 1 aliphatic rings. The average Bonchev–Trinajstić information content (AvgIpc) is 2.79. The SMILES string of the molecule is CCCC(=O)N1CCCN(C(=O)Cc2cc(C)c(C)cc2C)CC1. The molecule has 0 radical (unpaired) electrons. The molecular formula is C20H30N2O2. The molecule has 1 fully saturated rings. The van der Waals surface area contributed by atoms with Gasteiger partial charge < -0.3 is 9.80 Å². The number of carbonyl (C=O) groups is 2. The Hall–Kier alpha value is -1.84. The first kappa shape index (κ1) is 18.5. The summed E-state index contributed by atoms with van der Waals surface area (Å²) in [5.41, 5.74) is 4.80. The molecule has 1 aliphatic heterocycles. The standard InChI is InChI=1S/C20H30N2O2/c1-5-7-19(23)21-8-6-9-22(11-10-21)20(24)14-18-13-16(3)15(2)12-17(18)4/h12-13H,5-11,14H2,1-4H3. The largest absolute Gasteiger partial charge is 0.341 e. The minimum absolute atomic E-state index is 0.172. The Morgan fingerprint density at radius 2 is 1.46 bits per heavy atom. The van der Waals surface area contributed by atoms with Gasteiger partial charge in [-0.25, -0.2) is 0 Å². The lowest BCUT2D eigenvalue weighted by Gasteiger charge is -2.22. The highest BCUT2D eigenvalue weighted by molar-refractivity contribution is 5.80. The van der Waals surface area contributed by atoms with Crippen LogP contribution >= 0.6 is 0 Å². The molecule has 0 aliphatic carbocycles. The van der Waals surface area contributed by atoms with Crippen molar-refractivity contribution in [1.82, 2.24) is 9.80 Å². The number of rotatable bonds is 4. The number of hydrogen-bond acceptors (Lipinski definition) is 2. The van der Waals surface area contributed by atoms with Crippen LogP contribution in [0.1, 0.15) is 48.4 Å². The lowest BCUT2D eigenvalue weighted by molar-refractivity contribution is -0.133. The fourth-order valence-electron chi connectivity index (χ4n) is 3.27. The molecule has 2 rings (SSSR count). The Morgan fingerprint density at radius 1 is 0.875 bits per heavy atom. The summed E-state index contributed by atoms with van der Waals surface area (Å²) in [6.45, 7) is 11.1. The molecule has 0 unspecified atom stereocenters. The van der Waals surface area contributed by atoms with E-state index in [1.54, 1.807) is 0 Å². The summed E-state index contributed by atoms with van der Waals surface area (Å²) in [7, 11) is 0. The molecule has 2 amide bonds. The zero-order chi connectivity index (χ0) is 17.7. The highest BCUT2D eigenvalue weighted by Gasteiger charge is 2.22. The van der Waals surface area contributed by atoms with Crippen molar-refractivity contribution in [3.05, 3.63) is 34.4 Å². The van der Waals surface area contributed by atoms with Gasteiger partial charge in [0.05, 0.1) is 6.42 Å². The van der Waals surface area contributed by atoms with Gasteiger partial charge in [-0.1, -0.05) is 19.1 Å². The van der Waals surface area contributed by atoms with Gasteiger partial charge in [-0.05, 0) is 55.9 Å². The van der Waals surface area contributed by atoms with E-state index in [0.717, 1.165) is 31.5 Å². The van der Waals surface area contributed by atoms with Crippen molar-refractivity contribution in [3.8, 4) is 0 Å². The number of aryl methyl sites for hydroxylation is 3. The summed E-state index contributed by atoms with van der Waals surface area (Å²) in [5, 5.41) is 0. The van der Waals surface area contributed by atoms with E-state index in [9.17, 15) is 9.59 Å². The van der Waals surface area contributed by atoms with E-state index in [1.807, 2.05) is 16.7 Å². The summed E-state index contributed by atoms with van der Waals surface area (Å²) < 4.78 is 0. The van der Waals surface area contributed by atoms with Gasteiger partial charge in [0.25, 0.3) is 0 Å². The normalized spacial score (nSPS) is 15.3. The molecular weight excluding hydrogens is 300 g/mol. The minimum atomic E-state index is 0.172. The first-order valence-corrected chi connectivity index (χ1v) is 9.04. The molecule has 0 N–H and O–H groups in total. The third-order valence-corrected chi connectivity index (χ3v) is 4.96. The Labute approximate surface area is 145 Å². The fourth-order valence-corrected chi connectivity index (χ4v) is 3.27. The predicted molar refractivity (Wildman–Crippen MR) is 97.0 cm³/mol. The van der Waals surface area contributed by atoms with Gasteiger partial charge in [0.1, 0.15) is 0 Å². The molecule has 1 aromatic rings. The van der Waals surface area contributed by atoms with E-state index in [4.69, 9.17) is 0 Å². The van der Waals surface area contributed by atoms with Crippen LogP contribution < -0.4 is 0 Å². The number of amides is 2. The molecule has 1 heterocycles. The quantitative estimate of drug-likeness (QED) is 0.851. The highest BCUT2D eigenvalue weighted by Crippen LogP contribution is 2.17. The molecule has 4 heteroatoms. The fraction of sp³-hybridized carbons (Fsp3) is 0.600. The van der Waals surface area contributed by atoms with Crippen molar-refractivity contribution in [2.24, 2.45) is 0 Å². The van der Waals surface area contributed by atoms with E-state index >= 15 is 0 Å². The van der Waals surface area contributed by atoms with Crippen LogP contribution in [0.2, 0.25) is 0 Å². The van der Waals surface area contributed by atoms with Gasteiger partial charge in [-0.2, -0.15) is 0 Å². The smallest absolute Gasteiger partial charge is 0.227 e. The van der Waals surface area contributed by atoms with Crippen LogP contribution in [0.4, 0.5) is 0 Å². The Morgan fingerprint density at radius 3 is 2.08 bits per heavy atom. The number of hydrogen-bond donors (Lipinski definition) is 0. The lowest BCUT2D eigenvalue weighted by atomic mass is 9.98. The Kier molecular flexibility index (Phi) is 6.41. The Balaban J connectivity index is 1.98. The topological polar surface area (TPSA) is 40.6 Å². The first-order valence-electron chi connectivity index (χ1n) is 9.04. The number of carbonyl (C=O) groups excluding carboxylic acids is 2. The van der Waals surface area contributed by atoms with E-state index in [1.165, 1.54) is 16.7 Å². The third kappa shape index (κ3) is 4.59. The second-order valence-corrected chi connectivity index (χ2v) is 6.90. The molecule has 132 valence electrons. The van der Waals surface area contributed by atoms with Crippen molar-refractivity contribution in [2.75, 3.05) is 26.2 Å². The third-order valence-electron chi connectivity index (χ3n) is 4.96. The summed E-state index contributed by atoms with van der Waals surface area (Å²) >= 11 is 0. The van der Waals surface area contributed by atoms with Crippen molar-refractivity contribution < 1.29 is 9.59 Å². The second kappa shape index (κ2) is 8.32. The zero-order valence-electron chi connectivity index (χ0n) is 15.5. The van der Waals surface area contributed by atoms with Gasteiger partial charge in [0.2, 0.25) is 11.8 Å². The van der Waals surface area contributed by atoms with Gasteiger partial charge in [-0.15, -0.1) is 0 Å². The van der Waals surface area contributed by atoms with Crippen LogP contribution in [-0.4, -0.2) is 47.8 Å². The minimum Gasteiger partial charge on any atom is -0.341 e. The van der Waals surface area contributed by atoms with E-state index in [2.05, 4.69) is 32.9 Å². The van der Waals surface area contributed by atoms with E-state index in [-0.39, 0.29) is 11.8 Å². The molecule has 1 aromatic carbocycles. The average molecular weight is 330 g/mol. The molecule has 0 saturated carbocycles. The van der Waals surface area contributed by atoms with Gasteiger partial charge in [0.15, 0.2) is 0 Å². The van der Waals surface area contributed by atoms with Gasteiger partial charge in [-0.3, -0.25) is 9.59 Å². The summed E-state index contributed by atoms with van der Waals surface area (Å²) in [6, 6.07) is 4.29. The summed E-state index contributed by atoms with van der Waals surface area (Å²) in [5.74, 6) is 0.392. The molecule has 24 heavy (non-hydrogen) atoms. The van der Waals surface area contributed by atoms with Crippen molar-refractivity contribution >= 4 is 11.8 Å². The zero-order valence-corrected chi connectivity index (χ0v) is 15.5. The molecule has 4 nitrogen and oxygen atoms in total. The highest BCUT2D eigenvalue weighted by atomic mass is 16.2. The van der Waals surface area contributed by atoms with Crippen LogP contribution in [0.25, 0.3) is 0 Å². The second-order valence-electron chi connectivity index (χ2n) is 6.90. The lowest BCUT2D eigenvalue weighted by Crippen LogP contribution is -2.38. The molecule has 0 bridgehead atoms. The van der Waals surface area contributed by atoms with Crippen LogP contribution in [0.3, 0.4) is 0 Å². The van der Waals surface area contributed by atoms with Gasteiger partial charge >= 0.3 is 0 Å². The molecule has 0 atom stereocenters. The van der Waals surface area contributed by atoms with Crippen molar-refractivity contribution in [2.45, 2.75) is 53.4 Å². The van der Waals surface area contributed by atoms with E-state index < -0.39 is 0 Å². The van der Waals surface area contributed by atoms with Crippen LogP contribution in [-0.2, 0) is 16.0 Å². The molecule has 1 saturated heterocycles. The van der Waals surface area contributed by atoms with Crippen molar-refractivity contribution in [1.29, 1.82) is 0 Å². The monoisotopic (exact) mass is 330 g/mol. The number of benzene rings is 1. The summed E-state index contributed by atoms with van der Waals surface area (Å²) in [6.07, 6.45) is 2.81. The van der Waals surface area contributed by atoms with Crippen LogP contribution in [0.15, 0.2) is 12.1 Å². The predicted octanol–water partition coefficient (Wildman–Crippen LogP) is 3.02. The molecule has 0 aromatic heterocycles. The Bertz CT molecular complexity index is 610. The van der Waals surface area contributed by atoms with Crippen molar-refractivity contribution in [3.63, 3.8) is 0 Å². The first-order chi connectivity index (χ1) is 11.4. The maximum atomic E-state index is 12.7. The maximum absolute atomic E-state index is 12.7. The van der Waals surface area contributed by atoms with Crippen LogP contribution in [0.5, 0.6) is 0 Å². The molecule has 0 spiro atoms. The number of nitrogens with zero attached hydrogens (tertiary/aromatic N) is 2. The maximum Gasteiger partial charge on any atom is 0.227 e. The van der Waals surface area contributed by atoms with Crippen LogP contribution in [0, 0.1) is 20.8 Å². The van der Waals surface area contributed by atoms with E-state index in [0.29, 0.717) is 25.9 Å². The summed E-state index contributed by atoms with van der Waals surface area (Å²) in [4.78, 5) is 28.6. The van der Waals surface area contributed by atoms with Gasteiger partial charge in [0, 0.05) is 32.6 Å².